The van der Waals surface area contributed by atoms with E-state index in [1.54, 1.807) is 11.3 Å². The van der Waals surface area contributed by atoms with E-state index in [2.05, 4.69) is 34.4 Å². The Kier molecular flexibility index (Phi) is 5.32. The Morgan fingerprint density at radius 2 is 1.95 bits per heavy atom. The van der Waals surface area contributed by atoms with Crippen LogP contribution in [-0.4, -0.2) is 19.0 Å². The molecule has 1 aromatic heterocycles. The third kappa shape index (κ3) is 4.18. The number of rotatable bonds is 6. The fourth-order valence-corrected chi connectivity index (χ4v) is 2.67. The van der Waals surface area contributed by atoms with E-state index < -0.39 is 0 Å². The first-order chi connectivity index (χ1) is 9.66. The minimum Gasteiger partial charge on any atom is -0.351 e. The lowest BCUT2D eigenvalue weighted by Crippen LogP contribution is -2.32. The average molecular weight is 288 g/mol. The zero-order chi connectivity index (χ0) is 14.4. The number of benzene rings is 1. The van der Waals surface area contributed by atoms with Gasteiger partial charge in [-0.1, -0.05) is 17.7 Å². The van der Waals surface area contributed by atoms with Crippen molar-refractivity contribution in [2.75, 3.05) is 13.1 Å². The summed E-state index contributed by atoms with van der Waals surface area (Å²) in [5, 5.41) is 10.5. The van der Waals surface area contributed by atoms with Crippen molar-refractivity contribution >= 4 is 17.2 Å². The molecule has 0 radical (unpaired) electrons. The molecule has 0 aliphatic heterocycles. The van der Waals surface area contributed by atoms with Crippen LogP contribution in [-0.2, 0) is 0 Å². The van der Waals surface area contributed by atoms with Gasteiger partial charge >= 0.3 is 0 Å². The van der Waals surface area contributed by atoms with Crippen LogP contribution in [0.15, 0.2) is 41.1 Å². The first-order valence-electron chi connectivity index (χ1n) is 6.77. The molecule has 1 heterocycles. The maximum absolute atomic E-state index is 11.9. The third-order valence-corrected chi connectivity index (χ3v) is 3.92. The quantitative estimate of drug-likeness (QED) is 0.802. The van der Waals surface area contributed by atoms with E-state index in [0.29, 0.717) is 18.2 Å². The van der Waals surface area contributed by atoms with Crippen molar-refractivity contribution in [1.82, 2.24) is 10.6 Å². The largest absolute Gasteiger partial charge is 0.351 e. The molecule has 0 aliphatic carbocycles. The second-order valence-electron chi connectivity index (χ2n) is 4.85. The maximum Gasteiger partial charge on any atom is 0.251 e. The summed E-state index contributed by atoms with van der Waals surface area (Å²) in [6.45, 7) is 5.52. The standard InChI is InChI=1S/C16H20N2OS/c1-12-3-5-14(6-4-12)16(19)18-9-8-17-13(2)15-7-10-20-11-15/h3-7,10-11,13,17H,8-9H2,1-2H3,(H,18,19). The Hall–Kier alpha value is -1.65. The molecule has 0 bridgehead atoms. The van der Waals surface area contributed by atoms with Gasteiger partial charge in [0.2, 0.25) is 0 Å². The van der Waals surface area contributed by atoms with Crippen molar-refractivity contribution in [2.45, 2.75) is 19.9 Å². The molecule has 2 N–H and O–H groups in total. The van der Waals surface area contributed by atoms with Crippen molar-refractivity contribution < 1.29 is 4.79 Å². The van der Waals surface area contributed by atoms with Gasteiger partial charge in [-0.25, -0.2) is 0 Å². The summed E-state index contributed by atoms with van der Waals surface area (Å²) in [7, 11) is 0. The number of aryl methyl sites for hydroxylation is 1. The van der Waals surface area contributed by atoms with E-state index in [0.717, 1.165) is 12.1 Å². The maximum atomic E-state index is 11.9. The number of carbonyl (C=O) groups excluding carboxylic acids is 1. The number of nitrogens with one attached hydrogen (secondary N) is 2. The van der Waals surface area contributed by atoms with Gasteiger partial charge < -0.3 is 10.6 Å². The van der Waals surface area contributed by atoms with Crippen molar-refractivity contribution in [1.29, 1.82) is 0 Å². The first kappa shape index (κ1) is 14.8. The molecule has 3 nitrogen and oxygen atoms in total. The summed E-state index contributed by atoms with van der Waals surface area (Å²) in [6.07, 6.45) is 0. The van der Waals surface area contributed by atoms with E-state index in [1.165, 1.54) is 5.56 Å². The Morgan fingerprint density at radius 1 is 1.20 bits per heavy atom. The predicted octanol–water partition coefficient (Wildman–Crippen LogP) is 3.14. The summed E-state index contributed by atoms with van der Waals surface area (Å²) in [6, 6.07) is 10.0. The molecule has 0 saturated heterocycles. The van der Waals surface area contributed by atoms with Crippen LogP contribution in [0.25, 0.3) is 0 Å². The highest BCUT2D eigenvalue weighted by Crippen LogP contribution is 2.14. The Labute approximate surface area is 124 Å². The highest BCUT2D eigenvalue weighted by molar-refractivity contribution is 7.07. The summed E-state index contributed by atoms with van der Waals surface area (Å²) in [5.74, 6) is -0.0185. The highest BCUT2D eigenvalue weighted by Gasteiger charge is 2.06. The van der Waals surface area contributed by atoms with Gasteiger partial charge in [0.1, 0.15) is 0 Å². The fraction of sp³-hybridized carbons (Fsp3) is 0.312. The topological polar surface area (TPSA) is 41.1 Å². The Balaban J connectivity index is 1.70. The van der Waals surface area contributed by atoms with Crippen molar-refractivity contribution in [2.24, 2.45) is 0 Å². The number of hydrogen-bond acceptors (Lipinski definition) is 3. The van der Waals surface area contributed by atoms with Gasteiger partial charge in [0.15, 0.2) is 0 Å². The van der Waals surface area contributed by atoms with Gasteiger partial charge in [-0.05, 0) is 48.4 Å². The van der Waals surface area contributed by atoms with Crippen LogP contribution >= 0.6 is 11.3 Å². The monoisotopic (exact) mass is 288 g/mol. The smallest absolute Gasteiger partial charge is 0.251 e. The molecule has 1 atom stereocenters. The van der Waals surface area contributed by atoms with E-state index in [4.69, 9.17) is 0 Å². The summed E-state index contributed by atoms with van der Waals surface area (Å²) in [5.41, 5.74) is 3.16. The fourth-order valence-electron chi connectivity index (χ4n) is 1.91. The zero-order valence-corrected chi connectivity index (χ0v) is 12.7. The molecular formula is C16H20N2OS. The van der Waals surface area contributed by atoms with Gasteiger partial charge in [-0.3, -0.25) is 4.79 Å². The predicted molar refractivity (Wildman–Crippen MR) is 84.2 cm³/mol. The molecule has 0 fully saturated rings. The Bertz CT molecular complexity index is 534. The molecule has 0 spiro atoms. The minimum absolute atomic E-state index is 0.0185. The van der Waals surface area contributed by atoms with E-state index >= 15 is 0 Å². The van der Waals surface area contributed by atoms with Crippen LogP contribution in [0.3, 0.4) is 0 Å². The van der Waals surface area contributed by atoms with Gasteiger partial charge in [-0.2, -0.15) is 11.3 Å². The molecule has 1 amide bonds. The zero-order valence-electron chi connectivity index (χ0n) is 11.8. The van der Waals surface area contributed by atoms with Gasteiger partial charge in [0.05, 0.1) is 0 Å². The van der Waals surface area contributed by atoms with Gasteiger partial charge in [0, 0.05) is 24.7 Å². The molecule has 0 saturated carbocycles. The van der Waals surface area contributed by atoms with Crippen LogP contribution in [0.5, 0.6) is 0 Å². The molecular weight excluding hydrogens is 268 g/mol. The van der Waals surface area contributed by atoms with Crippen LogP contribution < -0.4 is 10.6 Å². The summed E-state index contributed by atoms with van der Waals surface area (Å²) >= 11 is 1.70. The van der Waals surface area contributed by atoms with Crippen molar-refractivity contribution in [3.63, 3.8) is 0 Å². The number of amides is 1. The van der Waals surface area contributed by atoms with Gasteiger partial charge in [0.25, 0.3) is 5.91 Å². The minimum atomic E-state index is -0.0185. The van der Waals surface area contributed by atoms with Crippen molar-refractivity contribution in [3.8, 4) is 0 Å². The molecule has 2 aromatic rings. The normalized spacial score (nSPS) is 12.1. The van der Waals surface area contributed by atoms with Crippen LogP contribution in [0.4, 0.5) is 0 Å². The first-order valence-corrected chi connectivity index (χ1v) is 7.71. The van der Waals surface area contributed by atoms with E-state index in [9.17, 15) is 4.79 Å². The Morgan fingerprint density at radius 3 is 2.60 bits per heavy atom. The second-order valence-corrected chi connectivity index (χ2v) is 5.63. The third-order valence-electron chi connectivity index (χ3n) is 3.22. The number of thiophene rings is 1. The van der Waals surface area contributed by atoms with Crippen molar-refractivity contribution in [3.05, 3.63) is 57.8 Å². The number of hydrogen-bond donors (Lipinski definition) is 2. The average Bonchev–Trinajstić information content (AvgIpc) is 2.98. The van der Waals surface area contributed by atoms with Crippen LogP contribution in [0.1, 0.15) is 34.5 Å². The second kappa shape index (κ2) is 7.22. The SMILES string of the molecule is Cc1ccc(C(=O)NCCNC(C)c2ccsc2)cc1. The summed E-state index contributed by atoms with van der Waals surface area (Å²) in [4.78, 5) is 11.9. The molecule has 4 heteroatoms. The van der Waals surface area contributed by atoms with Gasteiger partial charge in [-0.15, -0.1) is 0 Å². The molecule has 1 unspecified atom stereocenters. The molecule has 0 aliphatic rings. The lowest BCUT2D eigenvalue weighted by molar-refractivity contribution is 0.0953. The summed E-state index contributed by atoms with van der Waals surface area (Å²) < 4.78 is 0. The lowest BCUT2D eigenvalue weighted by Gasteiger charge is -2.13. The number of carbonyl (C=O) groups is 1. The van der Waals surface area contributed by atoms with Crippen LogP contribution in [0, 0.1) is 6.92 Å². The molecule has 1 aromatic carbocycles. The van der Waals surface area contributed by atoms with E-state index in [1.807, 2.05) is 31.2 Å². The molecule has 106 valence electrons. The molecule has 2 rings (SSSR count). The van der Waals surface area contributed by atoms with E-state index in [-0.39, 0.29) is 5.91 Å². The lowest BCUT2D eigenvalue weighted by atomic mass is 10.1. The highest BCUT2D eigenvalue weighted by atomic mass is 32.1. The van der Waals surface area contributed by atoms with Crippen LogP contribution in [0.2, 0.25) is 0 Å². The molecule has 20 heavy (non-hydrogen) atoms.